The van der Waals surface area contributed by atoms with E-state index >= 15 is 0 Å². The maximum Gasteiger partial charge on any atom is 0.322 e. The van der Waals surface area contributed by atoms with Gasteiger partial charge in [-0.05, 0) is 25.8 Å². The topological polar surface area (TPSA) is 95.7 Å². The van der Waals surface area contributed by atoms with Crippen LogP contribution in [0.4, 0.5) is 16.2 Å². The van der Waals surface area contributed by atoms with E-state index < -0.39 is 4.92 Å². The van der Waals surface area contributed by atoms with Gasteiger partial charge in [0, 0.05) is 23.9 Å². The van der Waals surface area contributed by atoms with E-state index in [2.05, 4.69) is 5.32 Å². The first-order valence-electron chi connectivity index (χ1n) is 6.46. The maximum atomic E-state index is 12.1. The summed E-state index contributed by atoms with van der Waals surface area (Å²) in [5, 5.41) is 22.7. The van der Waals surface area contributed by atoms with Crippen LogP contribution in [0.15, 0.2) is 18.2 Å². The molecule has 1 saturated heterocycles. The van der Waals surface area contributed by atoms with E-state index in [9.17, 15) is 20.0 Å². The summed E-state index contributed by atoms with van der Waals surface area (Å²) in [6.45, 7) is 2.17. The number of nitrogens with one attached hydrogen (secondary N) is 1. The molecule has 7 nitrogen and oxygen atoms in total. The fourth-order valence-corrected chi connectivity index (χ4v) is 2.37. The zero-order valence-corrected chi connectivity index (χ0v) is 11.2. The van der Waals surface area contributed by atoms with Crippen LogP contribution >= 0.6 is 0 Å². The lowest BCUT2D eigenvalue weighted by Crippen LogP contribution is -2.40. The molecule has 1 fully saturated rings. The molecule has 0 radical (unpaired) electrons. The molecule has 2 rings (SSSR count). The maximum absolute atomic E-state index is 12.1. The molecule has 7 heteroatoms. The van der Waals surface area contributed by atoms with Gasteiger partial charge in [0.1, 0.15) is 0 Å². The van der Waals surface area contributed by atoms with Crippen LogP contribution in [0.5, 0.6) is 0 Å². The second kappa shape index (κ2) is 5.87. The van der Waals surface area contributed by atoms with Gasteiger partial charge in [0.05, 0.1) is 17.6 Å². The Labute approximate surface area is 116 Å². The number of urea groups is 1. The number of anilines is 1. The molecule has 20 heavy (non-hydrogen) atoms. The first-order valence-corrected chi connectivity index (χ1v) is 6.46. The number of nitrogens with zero attached hydrogens (tertiary/aromatic N) is 2. The number of carbonyl (C=O) groups is 1. The van der Waals surface area contributed by atoms with E-state index in [1.54, 1.807) is 24.0 Å². The Balaban J connectivity index is 2.12. The van der Waals surface area contributed by atoms with E-state index in [1.807, 2.05) is 0 Å². The highest BCUT2D eigenvalue weighted by Gasteiger charge is 2.28. The van der Waals surface area contributed by atoms with Gasteiger partial charge in [-0.15, -0.1) is 0 Å². The summed E-state index contributed by atoms with van der Waals surface area (Å²) < 4.78 is 0. The van der Waals surface area contributed by atoms with E-state index in [1.165, 1.54) is 6.07 Å². The van der Waals surface area contributed by atoms with Crippen molar-refractivity contribution in [1.82, 2.24) is 4.90 Å². The van der Waals surface area contributed by atoms with Gasteiger partial charge in [-0.3, -0.25) is 10.1 Å². The lowest BCUT2D eigenvalue weighted by Gasteiger charge is -2.23. The number of aliphatic hydroxyl groups is 1. The average Bonchev–Trinajstić information content (AvgIpc) is 2.89. The van der Waals surface area contributed by atoms with Gasteiger partial charge in [0.2, 0.25) is 0 Å². The Hall–Kier alpha value is -2.15. The summed E-state index contributed by atoms with van der Waals surface area (Å²) in [5.74, 6) is 0. The van der Waals surface area contributed by atoms with E-state index in [0.717, 1.165) is 12.8 Å². The number of hydrogen-bond acceptors (Lipinski definition) is 4. The summed E-state index contributed by atoms with van der Waals surface area (Å²) in [7, 11) is 0. The van der Waals surface area contributed by atoms with Gasteiger partial charge in [0.15, 0.2) is 0 Å². The van der Waals surface area contributed by atoms with Crippen LogP contribution in [0.1, 0.15) is 18.4 Å². The van der Waals surface area contributed by atoms with Gasteiger partial charge in [-0.2, -0.15) is 0 Å². The number of likely N-dealkylation sites (tertiary alicyclic amines) is 1. The van der Waals surface area contributed by atoms with Crippen LogP contribution in [-0.2, 0) is 0 Å². The van der Waals surface area contributed by atoms with Crippen LogP contribution in [0.25, 0.3) is 0 Å². The highest BCUT2D eigenvalue weighted by atomic mass is 16.6. The minimum atomic E-state index is -0.475. The molecule has 0 unspecified atom stereocenters. The highest BCUT2D eigenvalue weighted by molar-refractivity contribution is 5.90. The smallest absolute Gasteiger partial charge is 0.322 e. The second-order valence-electron chi connectivity index (χ2n) is 4.86. The van der Waals surface area contributed by atoms with Gasteiger partial charge in [-0.1, -0.05) is 6.07 Å². The van der Waals surface area contributed by atoms with Crippen LogP contribution in [-0.4, -0.2) is 40.2 Å². The fourth-order valence-electron chi connectivity index (χ4n) is 2.37. The number of amides is 2. The van der Waals surface area contributed by atoms with Crippen molar-refractivity contribution >= 4 is 17.4 Å². The van der Waals surface area contributed by atoms with Crippen molar-refractivity contribution in [3.05, 3.63) is 33.9 Å². The molecule has 1 aliphatic heterocycles. The van der Waals surface area contributed by atoms with Crippen LogP contribution in [0, 0.1) is 17.0 Å². The monoisotopic (exact) mass is 279 g/mol. The summed E-state index contributed by atoms with van der Waals surface area (Å²) in [6, 6.07) is 4.07. The molecule has 2 N–H and O–H groups in total. The number of aryl methyl sites for hydroxylation is 1. The third-order valence-electron chi connectivity index (χ3n) is 3.51. The van der Waals surface area contributed by atoms with Crippen molar-refractivity contribution in [3.63, 3.8) is 0 Å². The van der Waals surface area contributed by atoms with Crippen molar-refractivity contribution < 1.29 is 14.8 Å². The minimum Gasteiger partial charge on any atom is -0.394 e. The molecule has 1 heterocycles. The molecule has 108 valence electrons. The number of benzene rings is 1. The fraction of sp³-hybridized carbons (Fsp3) is 0.462. The Morgan fingerprint density at radius 3 is 3.00 bits per heavy atom. The van der Waals surface area contributed by atoms with E-state index in [4.69, 9.17) is 0 Å². The number of nitro groups is 1. The third-order valence-corrected chi connectivity index (χ3v) is 3.51. The quantitative estimate of drug-likeness (QED) is 0.652. The van der Waals surface area contributed by atoms with Gasteiger partial charge < -0.3 is 15.3 Å². The Kier molecular flexibility index (Phi) is 4.19. The molecule has 0 saturated carbocycles. The lowest BCUT2D eigenvalue weighted by atomic mass is 10.2. The number of aliphatic hydroxyl groups excluding tert-OH is 1. The molecule has 0 aromatic heterocycles. The van der Waals surface area contributed by atoms with E-state index in [0.29, 0.717) is 17.8 Å². The Morgan fingerprint density at radius 2 is 2.35 bits per heavy atom. The normalized spacial score (nSPS) is 18.1. The number of carbonyl (C=O) groups excluding carboxylic acids is 1. The number of nitro benzene ring substituents is 1. The lowest BCUT2D eigenvalue weighted by molar-refractivity contribution is -0.385. The molecule has 1 aromatic carbocycles. The van der Waals surface area contributed by atoms with Crippen molar-refractivity contribution in [2.24, 2.45) is 0 Å². The van der Waals surface area contributed by atoms with Gasteiger partial charge in [-0.25, -0.2) is 4.79 Å². The summed E-state index contributed by atoms with van der Waals surface area (Å²) in [6.07, 6.45) is 1.63. The van der Waals surface area contributed by atoms with E-state index in [-0.39, 0.29) is 24.4 Å². The molecule has 0 spiro atoms. The van der Waals surface area contributed by atoms with Crippen molar-refractivity contribution in [3.8, 4) is 0 Å². The molecule has 0 aliphatic carbocycles. The average molecular weight is 279 g/mol. The predicted molar refractivity (Wildman–Crippen MR) is 73.7 cm³/mol. The summed E-state index contributed by atoms with van der Waals surface area (Å²) in [4.78, 5) is 24.0. The predicted octanol–water partition coefficient (Wildman–Crippen LogP) is 1.89. The molecule has 2 amide bonds. The SMILES string of the molecule is Cc1ccc(NC(=O)N2CCC[C@H]2CO)cc1[N+](=O)[O-]. The Morgan fingerprint density at radius 1 is 1.60 bits per heavy atom. The highest BCUT2D eigenvalue weighted by Crippen LogP contribution is 2.23. The van der Waals surface area contributed by atoms with Crippen molar-refractivity contribution in [2.45, 2.75) is 25.8 Å². The van der Waals surface area contributed by atoms with Crippen LogP contribution in [0.3, 0.4) is 0 Å². The third kappa shape index (κ3) is 2.88. The molecule has 1 atom stereocenters. The summed E-state index contributed by atoms with van der Waals surface area (Å²) >= 11 is 0. The Bertz CT molecular complexity index is 532. The molecule has 1 aromatic rings. The standard InChI is InChI=1S/C13H17N3O4/c1-9-4-5-10(7-12(9)16(19)20)14-13(18)15-6-2-3-11(15)8-17/h4-5,7,11,17H,2-3,6,8H2,1H3,(H,14,18)/t11-/m0/s1. The van der Waals surface area contributed by atoms with Crippen molar-refractivity contribution in [1.29, 1.82) is 0 Å². The summed E-state index contributed by atoms with van der Waals surface area (Å²) in [5.41, 5.74) is 0.904. The molecular weight excluding hydrogens is 262 g/mol. The first-order chi connectivity index (χ1) is 9.52. The van der Waals surface area contributed by atoms with Crippen LogP contribution < -0.4 is 5.32 Å². The molecule has 1 aliphatic rings. The number of rotatable bonds is 3. The van der Waals surface area contributed by atoms with Crippen LogP contribution in [0.2, 0.25) is 0 Å². The van der Waals surface area contributed by atoms with Gasteiger partial charge in [0.25, 0.3) is 5.69 Å². The second-order valence-corrected chi connectivity index (χ2v) is 4.86. The first kappa shape index (κ1) is 14.3. The zero-order valence-electron chi connectivity index (χ0n) is 11.2. The largest absolute Gasteiger partial charge is 0.394 e. The number of hydrogen-bond donors (Lipinski definition) is 2. The minimum absolute atomic E-state index is 0.0251. The molecular formula is C13H17N3O4. The van der Waals surface area contributed by atoms with Gasteiger partial charge >= 0.3 is 6.03 Å². The zero-order chi connectivity index (χ0) is 14.7. The molecule has 0 bridgehead atoms. The van der Waals surface area contributed by atoms with Crippen molar-refractivity contribution in [2.75, 3.05) is 18.5 Å².